The van der Waals surface area contributed by atoms with Crippen LogP contribution in [0.1, 0.15) is 56.9 Å². The molecule has 32 heavy (non-hydrogen) atoms. The third kappa shape index (κ3) is 5.91. The SMILES string of the molecule is C[C@H](O[Si](C)(C)C(C)(C)C)c1ccc(CN2CC=C(c3ccc([N+](=O)[O-])nc3)CC2)cc1. The van der Waals surface area contributed by atoms with Crippen LogP contribution < -0.4 is 0 Å². The Morgan fingerprint density at radius 3 is 2.38 bits per heavy atom. The summed E-state index contributed by atoms with van der Waals surface area (Å²) in [5, 5.41) is 11.0. The normalized spacial score (nSPS) is 16.5. The first-order valence-corrected chi connectivity index (χ1v) is 14.2. The topological polar surface area (TPSA) is 68.5 Å². The van der Waals surface area contributed by atoms with Crippen LogP contribution in [0.5, 0.6) is 0 Å². The summed E-state index contributed by atoms with van der Waals surface area (Å²) in [7, 11) is -1.80. The molecule has 2 heterocycles. The van der Waals surface area contributed by atoms with Crippen molar-refractivity contribution in [1.29, 1.82) is 0 Å². The third-order valence-electron chi connectivity index (χ3n) is 6.73. The second-order valence-corrected chi connectivity index (χ2v) is 14.9. The Bertz CT molecular complexity index is 963. The van der Waals surface area contributed by atoms with Crippen molar-refractivity contribution in [2.45, 2.75) is 64.9 Å². The number of rotatable bonds is 7. The molecule has 7 heteroatoms. The number of hydrogen-bond donors (Lipinski definition) is 0. The van der Waals surface area contributed by atoms with Gasteiger partial charge in [0, 0.05) is 31.3 Å². The fourth-order valence-electron chi connectivity index (χ4n) is 3.64. The van der Waals surface area contributed by atoms with Gasteiger partial charge in [0.05, 0.1) is 6.10 Å². The predicted octanol–water partition coefficient (Wildman–Crippen LogP) is 6.36. The number of nitrogens with zero attached hydrogens (tertiary/aromatic N) is 3. The zero-order valence-electron chi connectivity index (χ0n) is 20.1. The lowest BCUT2D eigenvalue weighted by molar-refractivity contribution is -0.389. The summed E-state index contributed by atoms with van der Waals surface area (Å²) in [6.07, 6.45) is 4.82. The summed E-state index contributed by atoms with van der Waals surface area (Å²) in [5.41, 5.74) is 4.69. The van der Waals surface area contributed by atoms with Gasteiger partial charge in [-0.05, 0) is 64.2 Å². The summed E-state index contributed by atoms with van der Waals surface area (Å²) >= 11 is 0. The van der Waals surface area contributed by atoms with Crippen LogP contribution in [-0.2, 0) is 11.0 Å². The van der Waals surface area contributed by atoms with Crippen molar-refractivity contribution in [1.82, 2.24) is 9.88 Å². The van der Waals surface area contributed by atoms with Crippen molar-refractivity contribution in [3.05, 3.63) is 75.5 Å². The molecule has 0 amide bonds. The highest BCUT2D eigenvalue weighted by atomic mass is 28.4. The number of nitro groups is 1. The van der Waals surface area contributed by atoms with Gasteiger partial charge in [0.2, 0.25) is 0 Å². The van der Waals surface area contributed by atoms with Gasteiger partial charge in [-0.1, -0.05) is 51.1 Å². The molecule has 1 atom stereocenters. The number of benzene rings is 1. The van der Waals surface area contributed by atoms with E-state index in [0.29, 0.717) is 0 Å². The Balaban J connectivity index is 1.57. The highest BCUT2D eigenvalue weighted by Crippen LogP contribution is 2.39. The summed E-state index contributed by atoms with van der Waals surface area (Å²) in [6, 6.07) is 12.1. The molecule has 6 nitrogen and oxygen atoms in total. The molecule has 0 fully saturated rings. The lowest BCUT2D eigenvalue weighted by atomic mass is 10.0. The van der Waals surface area contributed by atoms with Gasteiger partial charge in [0.1, 0.15) is 6.20 Å². The quantitative estimate of drug-likeness (QED) is 0.277. The first kappa shape index (κ1) is 24.3. The molecule has 0 unspecified atom stereocenters. The van der Waals surface area contributed by atoms with Crippen molar-refractivity contribution >= 4 is 19.7 Å². The Labute approximate surface area is 192 Å². The minimum absolute atomic E-state index is 0.0979. The molecule has 172 valence electrons. The van der Waals surface area contributed by atoms with E-state index in [-0.39, 0.29) is 17.0 Å². The highest BCUT2D eigenvalue weighted by Gasteiger charge is 2.38. The van der Waals surface area contributed by atoms with Crippen LogP contribution in [0.2, 0.25) is 18.1 Å². The Hall–Kier alpha value is -2.35. The fourth-order valence-corrected chi connectivity index (χ4v) is 5.01. The smallest absolute Gasteiger partial charge is 0.363 e. The minimum Gasteiger partial charge on any atom is -0.410 e. The van der Waals surface area contributed by atoms with E-state index in [4.69, 9.17) is 4.43 Å². The molecular formula is C25H35N3O3Si. The predicted molar refractivity (Wildman–Crippen MR) is 132 cm³/mol. The maximum Gasteiger partial charge on any atom is 0.363 e. The average Bonchev–Trinajstić information content (AvgIpc) is 2.74. The maximum atomic E-state index is 10.8. The van der Waals surface area contributed by atoms with Crippen LogP contribution in [0.15, 0.2) is 48.7 Å². The van der Waals surface area contributed by atoms with E-state index in [2.05, 4.69) is 81.0 Å². The molecule has 0 radical (unpaired) electrons. The van der Waals surface area contributed by atoms with Crippen molar-refractivity contribution in [3.63, 3.8) is 0 Å². The van der Waals surface area contributed by atoms with E-state index in [1.54, 1.807) is 12.3 Å². The Morgan fingerprint density at radius 1 is 1.19 bits per heavy atom. The zero-order chi connectivity index (χ0) is 23.5. The van der Waals surface area contributed by atoms with Gasteiger partial charge in [-0.25, -0.2) is 0 Å². The third-order valence-corrected chi connectivity index (χ3v) is 11.3. The molecule has 1 aliphatic rings. The standard InChI is InChI=1S/C25H35N3O3Si/c1-19(31-32(5,6)25(2,3)4)21-9-7-20(8-10-21)18-27-15-13-22(14-16-27)23-11-12-24(26-17-23)28(29)30/h7-13,17,19H,14-16,18H2,1-6H3/t19-/m0/s1. The molecular weight excluding hydrogens is 418 g/mol. The molecule has 0 spiro atoms. The number of hydrogen-bond acceptors (Lipinski definition) is 5. The van der Waals surface area contributed by atoms with Gasteiger partial charge in [-0.3, -0.25) is 4.90 Å². The number of aromatic nitrogens is 1. The van der Waals surface area contributed by atoms with Gasteiger partial charge < -0.3 is 14.5 Å². The molecule has 3 rings (SSSR count). The molecule has 0 aliphatic carbocycles. The summed E-state index contributed by atoms with van der Waals surface area (Å²) < 4.78 is 6.53. The summed E-state index contributed by atoms with van der Waals surface area (Å²) in [5.74, 6) is -0.112. The average molecular weight is 454 g/mol. The lowest BCUT2D eigenvalue weighted by Crippen LogP contribution is -2.41. The molecule has 0 saturated carbocycles. The molecule has 0 bridgehead atoms. The van der Waals surface area contributed by atoms with E-state index in [1.165, 1.54) is 22.8 Å². The zero-order valence-corrected chi connectivity index (χ0v) is 21.1. The monoisotopic (exact) mass is 453 g/mol. The summed E-state index contributed by atoms with van der Waals surface area (Å²) in [6.45, 7) is 16.3. The fraction of sp³-hybridized carbons (Fsp3) is 0.480. The molecule has 1 aromatic heterocycles. The Kier molecular flexibility index (Phi) is 7.32. The van der Waals surface area contributed by atoms with Crippen LogP contribution in [0.3, 0.4) is 0 Å². The second kappa shape index (κ2) is 9.64. The molecule has 1 aliphatic heterocycles. The number of pyridine rings is 1. The molecule has 2 aromatic rings. The van der Waals surface area contributed by atoms with Gasteiger partial charge in [-0.2, -0.15) is 0 Å². The van der Waals surface area contributed by atoms with E-state index in [1.807, 2.05) is 0 Å². The maximum absolute atomic E-state index is 10.8. The van der Waals surface area contributed by atoms with Crippen molar-refractivity contribution in [3.8, 4) is 0 Å². The van der Waals surface area contributed by atoms with E-state index in [0.717, 1.165) is 31.6 Å². The van der Waals surface area contributed by atoms with Crippen molar-refractivity contribution < 1.29 is 9.35 Å². The first-order chi connectivity index (χ1) is 15.0. The lowest BCUT2D eigenvalue weighted by Gasteiger charge is -2.38. The van der Waals surface area contributed by atoms with Crippen LogP contribution in [0.4, 0.5) is 5.82 Å². The van der Waals surface area contributed by atoms with Crippen LogP contribution in [0, 0.1) is 10.1 Å². The van der Waals surface area contributed by atoms with E-state index < -0.39 is 13.2 Å². The minimum atomic E-state index is -1.80. The first-order valence-electron chi connectivity index (χ1n) is 11.2. The second-order valence-electron chi connectivity index (χ2n) is 10.1. The molecule has 0 N–H and O–H groups in total. The van der Waals surface area contributed by atoms with Gasteiger partial charge >= 0.3 is 5.82 Å². The van der Waals surface area contributed by atoms with Crippen molar-refractivity contribution in [2.24, 2.45) is 0 Å². The van der Waals surface area contributed by atoms with Crippen LogP contribution in [-0.4, -0.2) is 36.2 Å². The molecule has 0 saturated heterocycles. The molecule has 1 aromatic carbocycles. The van der Waals surface area contributed by atoms with E-state index >= 15 is 0 Å². The highest BCUT2D eigenvalue weighted by molar-refractivity contribution is 6.74. The van der Waals surface area contributed by atoms with Crippen LogP contribution in [0.25, 0.3) is 5.57 Å². The van der Waals surface area contributed by atoms with Gasteiger partial charge in [0.15, 0.2) is 8.32 Å². The van der Waals surface area contributed by atoms with Gasteiger partial charge in [0.25, 0.3) is 0 Å². The van der Waals surface area contributed by atoms with Crippen LogP contribution >= 0.6 is 0 Å². The summed E-state index contributed by atoms with van der Waals surface area (Å²) in [4.78, 5) is 16.7. The van der Waals surface area contributed by atoms with E-state index in [9.17, 15) is 10.1 Å². The largest absolute Gasteiger partial charge is 0.410 e. The van der Waals surface area contributed by atoms with Gasteiger partial charge in [-0.15, -0.1) is 0 Å². The van der Waals surface area contributed by atoms with Crippen molar-refractivity contribution in [2.75, 3.05) is 13.1 Å². The Morgan fingerprint density at radius 2 is 1.88 bits per heavy atom.